The van der Waals surface area contributed by atoms with Crippen LogP contribution in [0.4, 0.5) is 0 Å². The van der Waals surface area contributed by atoms with Gasteiger partial charge in [-0.2, -0.15) is 13.0 Å². The number of hydrogen-bond donors (Lipinski definition) is 1. The van der Waals surface area contributed by atoms with E-state index in [1.165, 1.54) is 4.57 Å². The van der Waals surface area contributed by atoms with Gasteiger partial charge in [-0.05, 0) is 6.42 Å². The summed E-state index contributed by atoms with van der Waals surface area (Å²) in [6.45, 7) is 1.88. The van der Waals surface area contributed by atoms with Crippen LogP contribution in [-0.4, -0.2) is 18.4 Å². The third kappa shape index (κ3) is 3.94. The van der Waals surface area contributed by atoms with Crippen LogP contribution in [-0.2, 0) is 10.1 Å². The number of hydrogen-bond acceptors (Lipinski definition) is 3. The normalized spacial score (nSPS) is 12.9. The van der Waals surface area contributed by atoms with E-state index in [0.717, 1.165) is 0 Å². The Kier molecular flexibility index (Phi) is 5.41. The van der Waals surface area contributed by atoms with Gasteiger partial charge in [-0.25, -0.2) is 0 Å². The molecule has 0 spiro atoms. The van der Waals surface area contributed by atoms with Gasteiger partial charge in [0.25, 0.3) is 5.37 Å². The standard InChI is InChI=1S/C9H13NO3S.H2O/c1-2-6-9(14(11,12)13)10-7-4-3-5-8-10;/h3-5,7-9H,2,6H2,1H3;1H2. The minimum Gasteiger partial charge on any atom is -0.870 e. The lowest BCUT2D eigenvalue weighted by Crippen LogP contribution is -2.42. The highest BCUT2D eigenvalue weighted by Crippen LogP contribution is 2.12. The molecule has 1 aromatic heterocycles. The van der Waals surface area contributed by atoms with Gasteiger partial charge >= 0.3 is 10.1 Å². The molecule has 15 heavy (non-hydrogen) atoms. The Balaban J connectivity index is 0.00000196. The van der Waals surface area contributed by atoms with E-state index in [-0.39, 0.29) is 5.48 Å². The fourth-order valence-electron chi connectivity index (χ4n) is 1.30. The van der Waals surface area contributed by atoms with Crippen molar-refractivity contribution in [3.8, 4) is 0 Å². The second-order valence-electron chi connectivity index (χ2n) is 3.08. The molecule has 6 heteroatoms. The van der Waals surface area contributed by atoms with Gasteiger partial charge in [0.05, 0.1) is 0 Å². The van der Waals surface area contributed by atoms with Gasteiger partial charge in [-0.15, -0.1) is 0 Å². The summed E-state index contributed by atoms with van der Waals surface area (Å²) in [4.78, 5) is 0. The molecular weight excluding hydrogens is 218 g/mol. The van der Waals surface area contributed by atoms with E-state index in [1.54, 1.807) is 30.6 Å². The maximum Gasteiger partial charge on any atom is 0.329 e. The molecule has 1 rings (SSSR count). The number of pyridine rings is 1. The third-order valence-corrected chi connectivity index (χ3v) is 3.12. The van der Waals surface area contributed by atoms with Crippen LogP contribution in [0.2, 0.25) is 0 Å². The van der Waals surface area contributed by atoms with Crippen LogP contribution >= 0.6 is 0 Å². The Morgan fingerprint density at radius 3 is 2.20 bits per heavy atom. The molecule has 1 atom stereocenters. The summed E-state index contributed by atoms with van der Waals surface area (Å²) in [7, 11) is -4.02. The summed E-state index contributed by atoms with van der Waals surface area (Å²) < 4.78 is 32.6. The Morgan fingerprint density at radius 2 is 1.80 bits per heavy atom. The van der Waals surface area contributed by atoms with Crippen LogP contribution in [0.25, 0.3) is 0 Å². The number of aromatic nitrogens is 1. The van der Waals surface area contributed by atoms with Crippen LogP contribution in [0.3, 0.4) is 0 Å². The molecule has 0 aromatic carbocycles. The summed E-state index contributed by atoms with van der Waals surface area (Å²) in [6, 6.07) is 5.26. The van der Waals surface area contributed by atoms with Crippen molar-refractivity contribution in [3.05, 3.63) is 30.6 Å². The van der Waals surface area contributed by atoms with Crippen molar-refractivity contribution in [3.63, 3.8) is 0 Å². The first-order chi connectivity index (χ1) is 6.55. The fourth-order valence-corrected chi connectivity index (χ4v) is 2.28. The molecule has 0 radical (unpaired) electrons. The number of nitrogens with zero attached hydrogens (tertiary/aromatic N) is 1. The van der Waals surface area contributed by atoms with Crippen molar-refractivity contribution in [1.29, 1.82) is 0 Å². The highest BCUT2D eigenvalue weighted by atomic mass is 32.2. The van der Waals surface area contributed by atoms with E-state index in [1.807, 2.05) is 6.92 Å². The molecule has 86 valence electrons. The summed E-state index contributed by atoms with van der Waals surface area (Å²) in [5, 5.41) is -0.867. The van der Waals surface area contributed by atoms with E-state index in [4.69, 9.17) is 4.55 Å². The Bertz CT molecular complexity index is 376. The van der Waals surface area contributed by atoms with E-state index >= 15 is 0 Å². The molecule has 0 saturated heterocycles. The van der Waals surface area contributed by atoms with Crippen molar-refractivity contribution in [2.24, 2.45) is 0 Å². The predicted octanol–water partition coefficient (Wildman–Crippen LogP) is 0.984. The largest absolute Gasteiger partial charge is 0.870 e. The van der Waals surface area contributed by atoms with Crippen LogP contribution in [0.1, 0.15) is 25.1 Å². The van der Waals surface area contributed by atoms with Crippen molar-refractivity contribution >= 4 is 10.1 Å². The van der Waals surface area contributed by atoms with Gasteiger partial charge in [0.15, 0.2) is 12.4 Å². The van der Waals surface area contributed by atoms with Gasteiger partial charge in [0.1, 0.15) is 0 Å². The first-order valence-electron chi connectivity index (χ1n) is 4.47. The lowest BCUT2D eigenvalue weighted by molar-refractivity contribution is -0.702. The summed E-state index contributed by atoms with van der Waals surface area (Å²) in [6.07, 6.45) is 4.38. The quantitative estimate of drug-likeness (QED) is 0.620. The molecule has 0 fully saturated rings. The topological polar surface area (TPSA) is 88.2 Å². The second kappa shape index (κ2) is 5.79. The van der Waals surface area contributed by atoms with Gasteiger partial charge < -0.3 is 5.48 Å². The predicted molar refractivity (Wildman–Crippen MR) is 54.1 cm³/mol. The van der Waals surface area contributed by atoms with Crippen LogP contribution in [0, 0.1) is 0 Å². The minimum absolute atomic E-state index is 0. The Morgan fingerprint density at radius 1 is 1.27 bits per heavy atom. The SMILES string of the molecule is CCCC([n+]1ccccc1)S(=O)(=O)O.[OH-]. The van der Waals surface area contributed by atoms with Gasteiger partial charge in [0, 0.05) is 18.6 Å². The second-order valence-corrected chi connectivity index (χ2v) is 4.66. The minimum atomic E-state index is -4.02. The average molecular weight is 233 g/mol. The zero-order valence-electron chi connectivity index (χ0n) is 8.44. The lowest BCUT2D eigenvalue weighted by Gasteiger charge is -2.07. The molecule has 1 heterocycles. The maximum absolute atomic E-state index is 11.1. The first-order valence-corrected chi connectivity index (χ1v) is 5.98. The Hall–Kier alpha value is -0.980. The van der Waals surface area contributed by atoms with Crippen LogP contribution in [0.5, 0.6) is 0 Å². The Labute approximate surface area is 89.4 Å². The summed E-state index contributed by atoms with van der Waals surface area (Å²) >= 11 is 0. The van der Waals surface area contributed by atoms with Crippen molar-refractivity contribution in [2.45, 2.75) is 25.1 Å². The molecule has 1 unspecified atom stereocenters. The lowest BCUT2D eigenvalue weighted by atomic mass is 10.3. The van der Waals surface area contributed by atoms with Crippen molar-refractivity contribution < 1.29 is 23.0 Å². The summed E-state index contributed by atoms with van der Waals surface area (Å²) in [5.74, 6) is 0. The van der Waals surface area contributed by atoms with Crippen LogP contribution < -0.4 is 4.57 Å². The molecule has 0 amide bonds. The maximum atomic E-state index is 11.1. The first kappa shape index (κ1) is 14.0. The zero-order chi connectivity index (χ0) is 10.6. The molecular formula is C9H15NO4S. The highest BCUT2D eigenvalue weighted by molar-refractivity contribution is 7.85. The third-order valence-electron chi connectivity index (χ3n) is 1.95. The molecule has 1 aromatic rings. The van der Waals surface area contributed by atoms with E-state index in [2.05, 4.69) is 0 Å². The summed E-state index contributed by atoms with van der Waals surface area (Å²) in [5.41, 5.74) is 0. The monoisotopic (exact) mass is 233 g/mol. The van der Waals surface area contributed by atoms with E-state index < -0.39 is 15.5 Å². The molecule has 2 N–H and O–H groups in total. The van der Waals surface area contributed by atoms with Crippen molar-refractivity contribution in [1.82, 2.24) is 0 Å². The smallest absolute Gasteiger partial charge is 0.329 e. The van der Waals surface area contributed by atoms with Crippen molar-refractivity contribution in [2.75, 3.05) is 0 Å². The molecule has 5 nitrogen and oxygen atoms in total. The van der Waals surface area contributed by atoms with E-state index in [0.29, 0.717) is 12.8 Å². The van der Waals surface area contributed by atoms with Gasteiger partial charge in [-0.1, -0.05) is 13.0 Å². The van der Waals surface area contributed by atoms with Crippen LogP contribution in [0.15, 0.2) is 30.6 Å². The molecule has 0 saturated carbocycles. The molecule has 0 aliphatic carbocycles. The highest BCUT2D eigenvalue weighted by Gasteiger charge is 2.30. The van der Waals surface area contributed by atoms with E-state index in [9.17, 15) is 8.42 Å². The molecule has 0 aliphatic rings. The zero-order valence-corrected chi connectivity index (χ0v) is 9.26. The van der Waals surface area contributed by atoms with Gasteiger partial charge in [-0.3, -0.25) is 4.55 Å². The molecule has 0 aliphatic heterocycles. The fraction of sp³-hybridized carbons (Fsp3) is 0.444. The molecule has 0 bridgehead atoms. The number of rotatable bonds is 4. The van der Waals surface area contributed by atoms with Gasteiger partial charge in [0.2, 0.25) is 0 Å². The average Bonchev–Trinajstić information content (AvgIpc) is 2.14.